The maximum absolute atomic E-state index is 13.3. The van der Waals surface area contributed by atoms with Crippen LogP contribution in [-0.2, 0) is 21.4 Å². The van der Waals surface area contributed by atoms with Gasteiger partial charge in [-0.05, 0) is 53.6 Å². The number of benzene rings is 3. The van der Waals surface area contributed by atoms with Gasteiger partial charge in [-0.1, -0.05) is 46.3 Å². The highest BCUT2D eigenvalue weighted by Crippen LogP contribution is 2.32. The summed E-state index contributed by atoms with van der Waals surface area (Å²) in [5, 5.41) is 3.94. The third-order valence-corrected chi connectivity index (χ3v) is 7.11. The van der Waals surface area contributed by atoms with Crippen molar-refractivity contribution in [3.05, 3.63) is 88.4 Å². The SMILES string of the molecule is O=C(CN(Cc1ccccc1)S(=O)(=O)c1ccc(Br)cc1)N/N=C\c1ccc2c(c1)OCO2. The number of hydrogen-bond acceptors (Lipinski definition) is 6. The minimum atomic E-state index is -3.93. The lowest BCUT2D eigenvalue weighted by molar-refractivity contribution is -0.121. The highest BCUT2D eigenvalue weighted by molar-refractivity contribution is 9.10. The van der Waals surface area contributed by atoms with Crippen LogP contribution in [0.4, 0.5) is 0 Å². The zero-order valence-corrected chi connectivity index (χ0v) is 19.8. The van der Waals surface area contributed by atoms with Crippen molar-refractivity contribution in [2.24, 2.45) is 5.10 Å². The molecule has 0 unspecified atom stereocenters. The maximum atomic E-state index is 13.3. The highest BCUT2D eigenvalue weighted by atomic mass is 79.9. The highest BCUT2D eigenvalue weighted by Gasteiger charge is 2.27. The molecular formula is C23H20BrN3O5S. The first-order valence-electron chi connectivity index (χ1n) is 9.93. The van der Waals surface area contributed by atoms with Crippen LogP contribution < -0.4 is 14.9 Å². The van der Waals surface area contributed by atoms with Crippen molar-refractivity contribution in [1.29, 1.82) is 0 Å². The Morgan fingerprint density at radius 3 is 2.52 bits per heavy atom. The summed E-state index contributed by atoms with van der Waals surface area (Å²) in [6, 6.07) is 20.6. The Morgan fingerprint density at radius 1 is 1.03 bits per heavy atom. The molecule has 0 bridgehead atoms. The van der Waals surface area contributed by atoms with Gasteiger partial charge in [0.25, 0.3) is 5.91 Å². The lowest BCUT2D eigenvalue weighted by atomic mass is 10.2. The van der Waals surface area contributed by atoms with Gasteiger partial charge in [0.1, 0.15) is 0 Å². The predicted molar refractivity (Wildman–Crippen MR) is 126 cm³/mol. The third kappa shape index (κ3) is 5.78. The van der Waals surface area contributed by atoms with Crippen molar-refractivity contribution in [3.63, 3.8) is 0 Å². The van der Waals surface area contributed by atoms with Crippen molar-refractivity contribution in [2.45, 2.75) is 11.4 Å². The van der Waals surface area contributed by atoms with Crippen molar-refractivity contribution < 1.29 is 22.7 Å². The molecule has 4 rings (SSSR count). The zero-order chi connectivity index (χ0) is 23.3. The lowest BCUT2D eigenvalue weighted by Crippen LogP contribution is -2.39. The molecule has 0 saturated heterocycles. The summed E-state index contributed by atoms with van der Waals surface area (Å²) in [6.07, 6.45) is 1.45. The van der Waals surface area contributed by atoms with Crippen LogP contribution in [0.15, 0.2) is 87.3 Å². The molecule has 0 fully saturated rings. The minimum Gasteiger partial charge on any atom is -0.454 e. The van der Waals surface area contributed by atoms with E-state index in [1.165, 1.54) is 18.3 Å². The Kier molecular flexibility index (Phi) is 7.07. The average molecular weight is 530 g/mol. The van der Waals surface area contributed by atoms with Gasteiger partial charge >= 0.3 is 0 Å². The molecular weight excluding hydrogens is 510 g/mol. The average Bonchev–Trinajstić information content (AvgIpc) is 3.28. The molecule has 0 radical (unpaired) electrons. The van der Waals surface area contributed by atoms with Gasteiger partial charge in [0, 0.05) is 11.0 Å². The van der Waals surface area contributed by atoms with Crippen molar-refractivity contribution in [2.75, 3.05) is 13.3 Å². The monoisotopic (exact) mass is 529 g/mol. The van der Waals surface area contributed by atoms with Crippen LogP contribution >= 0.6 is 15.9 Å². The summed E-state index contributed by atoms with van der Waals surface area (Å²) in [5.74, 6) is 0.675. The van der Waals surface area contributed by atoms with E-state index >= 15 is 0 Å². The molecule has 0 spiro atoms. The molecule has 170 valence electrons. The molecule has 1 heterocycles. The van der Waals surface area contributed by atoms with E-state index in [2.05, 4.69) is 26.5 Å². The van der Waals surface area contributed by atoms with Crippen LogP contribution in [0.5, 0.6) is 11.5 Å². The van der Waals surface area contributed by atoms with Gasteiger partial charge < -0.3 is 9.47 Å². The van der Waals surface area contributed by atoms with Crippen LogP contribution in [0.25, 0.3) is 0 Å². The smallest absolute Gasteiger partial charge is 0.255 e. The second kappa shape index (κ2) is 10.2. The fourth-order valence-corrected chi connectivity index (χ4v) is 4.79. The number of nitrogens with one attached hydrogen (secondary N) is 1. The van der Waals surface area contributed by atoms with Gasteiger partial charge in [0.05, 0.1) is 17.7 Å². The largest absolute Gasteiger partial charge is 0.454 e. The summed E-state index contributed by atoms with van der Waals surface area (Å²) in [5.41, 5.74) is 3.85. The standard InChI is InChI=1S/C23H20BrN3O5S/c24-19-7-9-20(10-8-19)33(29,30)27(14-17-4-2-1-3-5-17)15-23(28)26-25-13-18-6-11-21-22(12-18)32-16-31-21/h1-13H,14-16H2,(H,26,28)/b25-13-. The van der Waals surface area contributed by atoms with E-state index in [4.69, 9.17) is 9.47 Å². The van der Waals surface area contributed by atoms with Gasteiger partial charge in [-0.25, -0.2) is 13.8 Å². The number of carbonyl (C=O) groups is 1. The number of fused-ring (bicyclic) bond motifs is 1. The topological polar surface area (TPSA) is 97.3 Å². The first-order valence-corrected chi connectivity index (χ1v) is 12.2. The molecule has 3 aromatic rings. The molecule has 1 aliphatic rings. The molecule has 1 aliphatic heterocycles. The van der Waals surface area contributed by atoms with Gasteiger partial charge in [-0.2, -0.15) is 9.41 Å². The lowest BCUT2D eigenvalue weighted by Gasteiger charge is -2.21. The fourth-order valence-electron chi connectivity index (χ4n) is 3.14. The Balaban J connectivity index is 1.48. The second-order valence-electron chi connectivity index (χ2n) is 7.12. The van der Waals surface area contributed by atoms with Crippen LogP contribution in [0.2, 0.25) is 0 Å². The van der Waals surface area contributed by atoms with Crippen molar-refractivity contribution in [3.8, 4) is 11.5 Å². The number of amides is 1. The summed E-state index contributed by atoms with van der Waals surface area (Å²) in [6.45, 7) is -0.193. The summed E-state index contributed by atoms with van der Waals surface area (Å²) < 4.78 is 39.0. The van der Waals surface area contributed by atoms with Gasteiger partial charge in [-0.3, -0.25) is 4.79 Å². The van der Waals surface area contributed by atoms with Crippen molar-refractivity contribution in [1.82, 2.24) is 9.73 Å². The van der Waals surface area contributed by atoms with Crippen LogP contribution in [0.3, 0.4) is 0 Å². The number of rotatable bonds is 8. The molecule has 33 heavy (non-hydrogen) atoms. The number of sulfonamides is 1. The number of carbonyl (C=O) groups excluding carboxylic acids is 1. The van der Waals surface area contributed by atoms with E-state index in [0.717, 1.165) is 14.3 Å². The summed E-state index contributed by atoms with van der Waals surface area (Å²) >= 11 is 3.30. The third-order valence-electron chi connectivity index (χ3n) is 4.77. The van der Waals surface area contributed by atoms with Crippen molar-refractivity contribution >= 4 is 38.1 Å². The minimum absolute atomic E-state index is 0.0402. The zero-order valence-electron chi connectivity index (χ0n) is 17.3. The van der Waals surface area contributed by atoms with E-state index < -0.39 is 22.5 Å². The number of ether oxygens (including phenoxy) is 2. The van der Waals surface area contributed by atoms with Crippen LogP contribution in [-0.4, -0.2) is 38.2 Å². The first-order chi connectivity index (χ1) is 15.9. The van der Waals surface area contributed by atoms with E-state index in [1.54, 1.807) is 42.5 Å². The number of hydrazone groups is 1. The Hall–Kier alpha value is -3.21. The van der Waals surface area contributed by atoms with E-state index in [-0.39, 0.29) is 18.2 Å². The summed E-state index contributed by atoms with van der Waals surface area (Å²) in [7, 11) is -3.93. The molecule has 0 aromatic heterocycles. The molecule has 10 heteroatoms. The fraction of sp³-hybridized carbons (Fsp3) is 0.130. The molecule has 0 atom stereocenters. The van der Waals surface area contributed by atoms with E-state index in [1.807, 2.05) is 18.2 Å². The van der Waals surface area contributed by atoms with Crippen LogP contribution in [0, 0.1) is 0 Å². The Bertz CT molecular complexity index is 1270. The van der Waals surface area contributed by atoms with E-state index in [0.29, 0.717) is 17.1 Å². The normalized spacial score (nSPS) is 12.9. The molecule has 8 nitrogen and oxygen atoms in total. The van der Waals surface area contributed by atoms with Gasteiger partial charge in [0.2, 0.25) is 16.8 Å². The molecule has 1 amide bonds. The van der Waals surface area contributed by atoms with Gasteiger partial charge in [0.15, 0.2) is 11.5 Å². The Labute approximate surface area is 200 Å². The first kappa shape index (κ1) is 23.0. The quantitative estimate of drug-likeness (QED) is 0.355. The van der Waals surface area contributed by atoms with Gasteiger partial charge in [-0.15, -0.1) is 0 Å². The molecule has 3 aromatic carbocycles. The number of hydrogen-bond donors (Lipinski definition) is 1. The Morgan fingerprint density at radius 2 is 1.76 bits per heavy atom. The number of halogens is 1. The number of nitrogens with zero attached hydrogens (tertiary/aromatic N) is 2. The molecule has 0 aliphatic carbocycles. The van der Waals surface area contributed by atoms with E-state index in [9.17, 15) is 13.2 Å². The molecule has 0 saturated carbocycles. The maximum Gasteiger partial charge on any atom is 0.255 e. The summed E-state index contributed by atoms with van der Waals surface area (Å²) in [4.78, 5) is 12.7. The van der Waals surface area contributed by atoms with Crippen LogP contribution in [0.1, 0.15) is 11.1 Å². The second-order valence-corrected chi connectivity index (χ2v) is 9.97. The predicted octanol–water partition coefficient (Wildman–Crippen LogP) is 3.52. The molecule has 1 N–H and O–H groups in total.